The van der Waals surface area contributed by atoms with Crippen molar-refractivity contribution in [3.05, 3.63) is 29.7 Å². The standard InChI is InChI=1S/C13H16N4/c1-3-4-5-10(2)13-16-15-12-8-11(9-14)6-7-17(12)13/h6-8,10H,3-5H2,1-2H3. The molecule has 0 saturated heterocycles. The van der Waals surface area contributed by atoms with Gasteiger partial charge in [-0.25, -0.2) is 0 Å². The Morgan fingerprint density at radius 2 is 2.29 bits per heavy atom. The lowest BCUT2D eigenvalue weighted by molar-refractivity contribution is 0.590. The molecule has 0 bridgehead atoms. The topological polar surface area (TPSA) is 54.0 Å². The van der Waals surface area contributed by atoms with E-state index in [0.29, 0.717) is 11.5 Å². The Balaban J connectivity index is 2.33. The average Bonchev–Trinajstić information content (AvgIpc) is 2.78. The highest BCUT2D eigenvalue weighted by Gasteiger charge is 2.12. The van der Waals surface area contributed by atoms with Crippen molar-refractivity contribution < 1.29 is 0 Å². The highest BCUT2D eigenvalue weighted by atomic mass is 15.2. The van der Waals surface area contributed by atoms with Crippen molar-refractivity contribution in [2.75, 3.05) is 0 Å². The molecule has 0 N–H and O–H groups in total. The predicted molar refractivity (Wildman–Crippen MR) is 65.6 cm³/mol. The van der Waals surface area contributed by atoms with Crippen LogP contribution in [0.2, 0.25) is 0 Å². The highest BCUT2D eigenvalue weighted by Crippen LogP contribution is 2.20. The third-order valence-electron chi connectivity index (χ3n) is 3.00. The van der Waals surface area contributed by atoms with Crippen LogP contribution in [0.5, 0.6) is 0 Å². The summed E-state index contributed by atoms with van der Waals surface area (Å²) >= 11 is 0. The summed E-state index contributed by atoms with van der Waals surface area (Å²) in [6, 6.07) is 5.68. The molecule has 0 aromatic carbocycles. The fourth-order valence-corrected chi connectivity index (χ4v) is 1.95. The van der Waals surface area contributed by atoms with Gasteiger partial charge in [0, 0.05) is 18.2 Å². The van der Waals surface area contributed by atoms with Crippen LogP contribution in [0.3, 0.4) is 0 Å². The maximum Gasteiger partial charge on any atom is 0.162 e. The predicted octanol–water partition coefficient (Wildman–Crippen LogP) is 2.89. The first-order valence-corrected chi connectivity index (χ1v) is 6.01. The van der Waals surface area contributed by atoms with Crippen LogP contribution in [0.1, 0.15) is 50.4 Å². The van der Waals surface area contributed by atoms with Gasteiger partial charge in [0.2, 0.25) is 0 Å². The summed E-state index contributed by atoms with van der Waals surface area (Å²) in [5.74, 6) is 1.39. The number of pyridine rings is 1. The van der Waals surface area contributed by atoms with Gasteiger partial charge in [0.05, 0.1) is 11.6 Å². The summed E-state index contributed by atoms with van der Waals surface area (Å²) in [6.45, 7) is 4.36. The molecule has 0 radical (unpaired) electrons. The summed E-state index contributed by atoms with van der Waals surface area (Å²) in [6.07, 6.45) is 5.40. The zero-order valence-corrected chi connectivity index (χ0v) is 10.2. The molecular formula is C13H16N4. The lowest BCUT2D eigenvalue weighted by Crippen LogP contribution is -2.00. The monoisotopic (exact) mass is 228 g/mol. The van der Waals surface area contributed by atoms with Crippen molar-refractivity contribution in [1.82, 2.24) is 14.6 Å². The van der Waals surface area contributed by atoms with E-state index in [1.165, 1.54) is 12.8 Å². The lowest BCUT2D eigenvalue weighted by atomic mass is 10.0. The molecule has 0 aliphatic heterocycles. The minimum Gasteiger partial charge on any atom is -0.286 e. The van der Waals surface area contributed by atoms with Crippen LogP contribution in [0, 0.1) is 11.3 Å². The largest absolute Gasteiger partial charge is 0.286 e. The van der Waals surface area contributed by atoms with Crippen LogP contribution in [0.15, 0.2) is 18.3 Å². The highest BCUT2D eigenvalue weighted by molar-refractivity contribution is 5.45. The van der Waals surface area contributed by atoms with E-state index in [2.05, 4.69) is 30.1 Å². The zero-order chi connectivity index (χ0) is 12.3. The lowest BCUT2D eigenvalue weighted by Gasteiger charge is -2.08. The van der Waals surface area contributed by atoms with Crippen LogP contribution in [-0.4, -0.2) is 14.6 Å². The molecule has 4 heteroatoms. The number of hydrogen-bond acceptors (Lipinski definition) is 3. The van der Waals surface area contributed by atoms with Gasteiger partial charge in [0.1, 0.15) is 5.82 Å². The van der Waals surface area contributed by atoms with Gasteiger partial charge in [-0.05, 0) is 12.5 Å². The first-order valence-electron chi connectivity index (χ1n) is 6.01. The molecule has 17 heavy (non-hydrogen) atoms. The molecule has 4 nitrogen and oxygen atoms in total. The van der Waals surface area contributed by atoms with E-state index in [1.54, 1.807) is 12.1 Å². The Kier molecular flexibility index (Phi) is 3.38. The van der Waals surface area contributed by atoms with E-state index in [9.17, 15) is 0 Å². The molecule has 0 aliphatic carbocycles. The second-order valence-electron chi connectivity index (χ2n) is 4.36. The Bertz CT molecular complexity index is 550. The van der Waals surface area contributed by atoms with E-state index in [0.717, 1.165) is 17.9 Å². The molecule has 1 atom stereocenters. The number of nitriles is 1. The van der Waals surface area contributed by atoms with E-state index < -0.39 is 0 Å². The number of unbranched alkanes of at least 4 members (excludes halogenated alkanes) is 1. The van der Waals surface area contributed by atoms with Crippen molar-refractivity contribution in [3.8, 4) is 6.07 Å². The summed E-state index contributed by atoms with van der Waals surface area (Å²) < 4.78 is 1.97. The Hall–Kier alpha value is -1.89. The molecule has 2 aromatic rings. The molecule has 0 aliphatic rings. The second-order valence-corrected chi connectivity index (χ2v) is 4.36. The van der Waals surface area contributed by atoms with Crippen molar-refractivity contribution in [2.24, 2.45) is 0 Å². The SMILES string of the molecule is CCCCC(C)c1nnc2cc(C#N)ccn12. The van der Waals surface area contributed by atoms with Gasteiger partial charge >= 0.3 is 0 Å². The maximum absolute atomic E-state index is 8.82. The molecule has 88 valence electrons. The van der Waals surface area contributed by atoms with E-state index >= 15 is 0 Å². The number of aromatic nitrogens is 3. The van der Waals surface area contributed by atoms with Gasteiger partial charge in [-0.2, -0.15) is 5.26 Å². The van der Waals surface area contributed by atoms with Gasteiger partial charge in [-0.3, -0.25) is 4.40 Å². The Morgan fingerprint density at radius 3 is 3.00 bits per heavy atom. The normalized spacial score (nSPS) is 12.5. The quantitative estimate of drug-likeness (QED) is 0.808. The number of hydrogen-bond donors (Lipinski definition) is 0. The van der Waals surface area contributed by atoms with Crippen molar-refractivity contribution >= 4 is 5.65 Å². The molecule has 0 fully saturated rings. The van der Waals surface area contributed by atoms with E-state index in [-0.39, 0.29) is 0 Å². The van der Waals surface area contributed by atoms with Crippen LogP contribution in [0.25, 0.3) is 5.65 Å². The minimum atomic E-state index is 0.401. The van der Waals surface area contributed by atoms with E-state index in [4.69, 9.17) is 5.26 Å². The van der Waals surface area contributed by atoms with Crippen LogP contribution >= 0.6 is 0 Å². The van der Waals surface area contributed by atoms with E-state index in [1.807, 2.05) is 10.6 Å². The zero-order valence-electron chi connectivity index (χ0n) is 10.2. The maximum atomic E-state index is 8.82. The Morgan fingerprint density at radius 1 is 1.47 bits per heavy atom. The number of fused-ring (bicyclic) bond motifs is 1. The summed E-state index contributed by atoms with van der Waals surface area (Å²) in [5.41, 5.74) is 1.38. The molecule has 1 unspecified atom stereocenters. The van der Waals surface area contributed by atoms with Crippen LogP contribution in [-0.2, 0) is 0 Å². The second kappa shape index (κ2) is 4.96. The smallest absolute Gasteiger partial charge is 0.162 e. The molecular weight excluding hydrogens is 212 g/mol. The third kappa shape index (κ3) is 2.28. The minimum absolute atomic E-state index is 0.401. The summed E-state index contributed by atoms with van der Waals surface area (Å²) in [4.78, 5) is 0. The number of rotatable bonds is 4. The number of nitrogens with zero attached hydrogens (tertiary/aromatic N) is 4. The molecule has 0 amide bonds. The van der Waals surface area contributed by atoms with Crippen molar-refractivity contribution in [2.45, 2.75) is 39.0 Å². The van der Waals surface area contributed by atoms with Crippen LogP contribution < -0.4 is 0 Å². The average molecular weight is 228 g/mol. The van der Waals surface area contributed by atoms with Crippen molar-refractivity contribution in [3.63, 3.8) is 0 Å². The third-order valence-corrected chi connectivity index (χ3v) is 3.00. The Labute approximate surface area is 101 Å². The van der Waals surface area contributed by atoms with Gasteiger partial charge in [0.15, 0.2) is 5.65 Å². The fraction of sp³-hybridized carbons (Fsp3) is 0.462. The summed E-state index contributed by atoms with van der Waals surface area (Å²) in [5, 5.41) is 17.2. The van der Waals surface area contributed by atoms with Gasteiger partial charge in [-0.1, -0.05) is 26.7 Å². The molecule has 0 spiro atoms. The summed E-state index contributed by atoms with van der Waals surface area (Å²) in [7, 11) is 0. The molecule has 2 aromatic heterocycles. The van der Waals surface area contributed by atoms with Crippen molar-refractivity contribution in [1.29, 1.82) is 5.26 Å². The first-order chi connectivity index (χ1) is 8.26. The fourth-order valence-electron chi connectivity index (χ4n) is 1.95. The molecule has 2 rings (SSSR count). The van der Waals surface area contributed by atoms with Gasteiger partial charge < -0.3 is 0 Å². The van der Waals surface area contributed by atoms with Gasteiger partial charge in [0.25, 0.3) is 0 Å². The molecule has 0 saturated carbocycles. The first kappa shape index (κ1) is 11.6. The van der Waals surface area contributed by atoms with Crippen LogP contribution in [0.4, 0.5) is 0 Å². The molecule has 2 heterocycles. The van der Waals surface area contributed by atoms with Gasteiger partial charge in [-0.15, -0.1) is 10.2 Å².